The van der Waals surface area contributed by atoms with Crippen LogP contribution in [0, 0.1) is 0 Å². The summed E-state index contributed by atoms with van der Waals surface area (Å²) in [6.45, 7) is 2.59. The van der Waals surface area contributed by atoms with E-state index in [2.05, 4.69) is 9.97 Å². The van der Waals surface area contributed by atoms with Crippen LogP contribution in [-0.4, -0.2) is 34.8 Å². The number of aliphatic hydroxyl groups is 1. The normalized spacial score (nSPS) is 12.5. The van der Waals surface area contributed by atoms with Gasteiger partial charge < -0.3 is 10.0 Å². The summed E-state index contributed by atoms with van der Waals surface area (Å²) in [5, 5.41) is 9.09. The molecule has 0 radical (unpaired) electrons. The third-order valence-corrected chi connectivity index (χ3v) is 1.84. The molecule has 0 spiro atoms. The molecule has 0 saturated heterocycles. The van der Waals surface area contributed by atoms with Crippen molar-refractivity contribution in [2.75, 3.05) is 18.5 Å². The van der Waals surface area contributed by atoms with E-state index in [9.17, 15) is 0 Å². The molecule has 4 heteroatoms. The van der Waals surface area contributed by atoms with Crippen molar-refractivity contribution in [1.82, 2.24) is 9.97 Å². The van der Waals surface area contributed by atoms with Gasteiger partial charge in [-0.05, 0) is 19.4 Å². The average molecular weight is 181 g/mol. The Morgan fingerprint density at radius 3 is 2.92 bits per heavy atom. The molecule has 0 fully saturated rings. The summed E-state index contributed by atoms with van der Waals surface area (Å²) in [5.41, 5.74) is 0. The SMILES string of the molecule is CC(O)CCN(C)c1ccncn1. The smallest absolute Gasteiger partial charge is 0.131 e. The molecule has 0 aromatic carbocycles. The first-order chi connectivity index (χ1) is 6.20. The molecule has 1 heterocycles. The van der Waals surface area contributed by atoms with E-state index >= 15 is 0 Å². The fraction of sp³-hybridized carbons (Fsp3) is 0.556. The van der Waals surface area contributed by atoms with Gasteiger partial charge in [0, 0.05) is 19.8 Å². The van der Waals surface area contributed by atoms with E-state index in [1.165, 1.54) is 6.33 Å². The Bertz CT molecular complexity index is 238. The van der Waals surface area contributed by atoms with Gasteiger partial charge in [-0.2, -0.15) is 0 Å². The van der Waals surface area contributed by atoms with Crippen LogP contribution in [-0.2, 0) is 0 Å². The van der Waals surface area contributed by atoms with Crippen molar-refractivity contribution in [3.8, 4) is 0 Å². The molecule has 0 aliphatic heterocycles. The monoisotopic (exact) mass is 181 g/mol. The first-order valence-corrected chi connectivity index (χ1v) is 4.35. The summed E-state index contributed by atoms with van der Waals surface area (Å²) >= 11 is 0. The number of hydrogen-bond donors (Lipinski definition) is 1. The molecular weight excluding hydrogens is 166 g/mol. The number of aliphatic hydroxyl groups excluding tert-OH is 1. The Morgan fingerprint density at radius 1 is 1.62 bits per heavy atom. The molecule has 1 aromatic rings. The summed E-state index contributed by atoms with van der Waals surface area (Å²) in [5.74, 6) is 0.885. The van der Waals surface area contributed by atoms with Crippen LogP contribution in [0.4, 0.5) is 5.82 Å². The number of anilines is 1. The van der Waals surface area contributed by atoms with Crippen molar-refractivity contribution >= 4 is 5.82 Å². The summed E-state index contributed by atoms with van der Waals surface area (Å²) < 4.78 is 0. The minimum absolute atomic E-state index is 0.260. The van der Waals surface area contributed by atoms with Gasteiger partial charge in [-0.15, -0.1) is 0 Å². The Morgan fingerprint density at radius 2 is 2.38 bits per heavy atom. The molecule has 72 valence electrons. The van der Waals surface area contributed by atoms with E-state index in [1.807, 2.05) is 18.0 Å². The van der Waals surface area contributed by atoms with Gasteiger partial charge >= 0.3 is 0 Å². The van der Waals surface area contributed by atoms with E-state index in [0.717, 1.165) is 18.8 Å². The highest BCUT2D eigenvalue weighted by Gasteiger charge is 2.02. The fourth-order valence-corrected chi connectivity index (χ4v) is 1.00. The Kier molecular flexibility index (Phi) is 3.64. The van der Waals surface area contributed by atoms with Gasteiger partial charge in [0.1, 0.15) is 12.1 Å². The van der Waals surface area contributed by atoms with Crippen molar-refractivity contribution in [3.05, 3.63) is 18.6 Å². The Labute approximate surface area is 78.2 Å². The van der Waals surface area contributed by atoms with E-state index in [1.54, 1.807) is 13.1 Å². The highest BCUT2D eigenvalue weighted by molar-refractivity contribution is 5.34. The average Bonchev–Trinajstić information content (AvgIpc) is 2.15. The lowest BCUT2D eigenvalue weighted by Crippen LogP contribution is -2.22. The lowest BCUT2D eigenvalue weighted by atomic mass is 10.3. The van der Waals surface area contributed by atoms with Crippen LogP contribution < -0.4 is 4.90 Å². The maximum Gasteiger partial charge on any atom is 0.131 e. The van der Waals surface area contributed by atoms with E-state index in [-0.39, 0.29) is 6.10 Å². The predicted octanol–water partition coefficient (Wildman–Crippen LogP) is 0.684. The molecule has 0 aliphatic rings. The Hall–Kier alpha value is -1.16. The third kappa shape index (κ3) is 3.38. The molecule has 1 unspecified atom stereocenters. The molecule has 4 nitrogen and oxygen atoms in total. The highest BCUT2D eigenvalue weighted by Crippen LogP contribution is 2.06. The lowest BCUT2D eigenvalue weighted by molar-refractivity contribution is 0.187. The van der Waals surface area contributed by atoms with Crippen LogP contribution in [0.1, 0.15) is 13.3 Å². The van der Waals surface area contributed by atoms with Gasteiger partial charge in [-0.25, -0.2) is 9.97 Å². The van der Waals surface area contributed by atoms with E-state index in [4.69, 9.17) is 5.11 Å². The summed E-state index contributed by atoms with van der Waals surface area (Å²) in [4.78, 5) is 9.92. The van der Waals surface area contributed by atoms with Crippen molar-refractivity contribution in [2.24, 2.45) is 0 Å². The summed E-state index contributed by atoms with van der Waals surface area (Å²) in [7, 11) is 1.95. The number of hydrogen-bond acceptors (Lipinski definition) is 4. The van der Waals surface area contributed by atoms with Crippen molar-refractivity contribution in [3.63, 3.8) is 0 Å². The molecule has 1 N–H and O–H groups in total. The van der Waals surface area contributed by atoms with Crippen molar-refractivity contribution in [1.29, 1.82) is 0 Å². The highest BCUT2D eigenvalue weighted by atomic mass is 16.3. The molecule has 13 heavy (non-hydrogen) atoms. The zero-order valence-corrected chi connectivity index (χ0v) is 8.01. The van der Waals surface area contributed by atoms with E-state index in [0.29, 0.717) is 0 Å². The predicted molar refractivity (Wildman–Crippen MR) is 51.6 cm³/mol. The first kappa shape index (κ1) is 9.92. The standard InChI is InChI=1S/C9H15N3O/c1-8(13)4-6-12(2)9-3-5-10-7-11-9/h3,5,7-8,13H,4,6H2,1-2H3. The maximum atomic E-state index is 9.09. The minimum atomic E-state index is -0.260. The van der Waals surface area contributed by atoms with Crippen LogP contribution in [0.5, 0.6) is 0 Å². The zero-order valence-electron chi connectivity index (χ0n) is 8.01. The Balaban J connectivity index is 2.44. The van der Waals surface area contributed by atoms with Crippen LogP contribution in [0.2, 0.25) is 0 Å². The molecule has 0 amide bonds. The van der Waals surface area contributed by atoms with Gasteiger partial charge in [0.2, 0.25) is 0 Å². The van der Waals surface area contributed by atoms with Gasteiger partial charge in [-0.1, -0.05) is 0 Å². The van der Waals surface area contributed by atoms with Crippen LogP contribution in [0.25, 0.3) is 0 Å². The second-order valence-corrected chi connectivity index (χ2v) is 3.13. The molecule has 1 aromatic heterocycles. The van der Waals surface area contributed by atoms with Crippen LogP contribution >= 0.6 is 0 Å². The topological polar surface area (TPSA) is 49.2 Å². The molecule has 0 bridgehead atoms. The fourth-order valence-electron chi connectivity index (χ4n) is 1.00. The molecule has 0 aliphatic carbocycles. The van der Waals surface area contributed by atoms with Crippen molar-refractivity contribution < 1.29 is 5.11 Å². The quantitative estimate of drug-likeness (QED) is 0.742. The van der Waals surface area contributed by atoms with Crippen molar-refractivity contribution in [2.45, 2.75) is 19.4 Å². The van der Waals surface area contributed by atoms with Crippen LogP contribution in [0.3, 0.4) is 0 Å². The largest absolute Gasteiger partial charge is 0.393 e. The van der Waals surface area contributed by atoms with Gasteiger partial charge in [0.15, 0.2) is 0 Å². The van der Waals surface area contributed by atoms with E-state index < -0.39 is 0 Å². The molecular formula is C9H15N3O. The number of rotatable bonds is 4. The summed E-state index contributed by atoms with van der Waals surface area (Å²) in [6, 6.07) is 1.85. The van der Waals surface area contributed by atoms with Crippen LogP contribution in [0.15, 0.2) is 18.6 Å². The molecule has 1 atom stereocenters. The summed E-state index contributed by atoms with van der Waals surface area (Å²) in [6.07, 6.45) is 3.72. The number of aromatic nitrogens is 2. The third-order valence-electron chi connectivity index (χ3n) is 1.84. The van der Waals surface area contributed by atoms with Gasteiger partial charge in [0.05, 0.1) is 6.10 Å². The molecule has 0 saturated carbocycles. The minimum Gasteiger partial charge on any atom is -0.393 e. The second-order valence-electron chi connectivity index (χ2n) is 3.13. The maximum absolute atomic E-state index is 9.09. The first-order valence-electron chi connectivity index (χ1n) is 4.35. The van der Waals surface area contributed by atoms with Gasteiger partial charge in [-0.3, -0.25) is 0 Å². The lowest BCUT2D eigenvalue weighted by Gasteiger charge is -2.18. The molecule has 1 rings (SSSR count). The number of nitrogens with zero attached hydrogens (tertiary/aromatic N) is 3. The van der Waals surface area contributed by atoms with Gasteiger partial charge in [0.25, 0.3) is 0 Å². The zero-order chi connectivity index (χ0) is 9.68. The second kappa shape index (κ2) is 4.77.